The zero-order chi connectivity index (χ0) is 14.4. The standard InChI is InChI=1S/C17H26N2O/c1-2-14-9-6-11-17(12-10-14,16(18)20)19-13-15-7-4-3-5-8-15/h3-5,7-8,14,19H,2,6,9-13H2,1H3,(H2,18,20). The maximum absolute atomic E-state index is 12.0. The Morgan fingerprint density at radius 3 is 2.70 bits per heavy atom. The van der Waals surface area contributed by atoms with Crippen molar-refractivity contribution in [3.8, 4) is 0 Å². The molecule has 3 nitrogen and oxygen atoms in total. The van der Waals surface area contributed by atoms with E-state index in [0.717, 1.165) is 31.6 Å². The van der Waals surface area contributed by atoms with Gasteiger partial charge in [0, 0.05) is 6.54 Å². The summed E-state index contributed by atoms with van der Waals surface area (Å²) in [5.41, 5.74) is 6.41. The van der Waals surface area contributed by atoms with Crippen LogP contribution in [0.1, 0.15) is 51.0 Å². The van der Waals surface area contributed by atoms with Crippen LogP contribution in [0, 0.1) is 5.92 Å². The van der Waals surface area contributed by atoms with Gasteiger partial charge in [0.15, 0.2) is 0 Å². The van der Waals surface area contributed by atoms with E-state index >= 15 is 0 Å². The van der Waals surface area contributed by atoms with Gasteiger partial charge in [-0.3, -0.25) is 10.1 Å². The average Bonchev–Trinajstić information content (AvgIpc) is 2.69. The summed E-state index contributed by atoms with van der Waals surface area (Å²) in [5.74, 6) is 0.555. The number of primary amides is 1. The molecule has 2 atom stereocenters. The molecular formula is C17H26N2O. The fraction of sp³-hybridized carbons (Fsp3) is 0.588. The molecule has 0 aromatic heterocycles. The summed E-state index contributed by atoms with van der Waals surface area (Å²) in [5, 5.41) is 3.46. The number of rotatable bonds is 5. The molecular weight excluding hydrogens is 248 g/mol. The minimum atomic E-state index is -0.514. The molecule has 0 heterocycles. The number of hydrogen-bond acceptors (Lipinski definition) is 2. The lowest BCUT2D eigenvalue weighted by molar-refractivity contribution is -0.125. The quantitative estimate of drug-likeness (QED) is 0.811. The summed E-state index contributed by atoms with van der Waals surface area (Å²) in [4.78, 5) is 12.0. The van der Waals surface area contributed by atoms with Gasteiger partial charge >= 0.3 is 0 Å². The second-order valence-electron chi connectivity index (χ2n) is 5.99. The van der Waals surface area contributed by atoms with E-state index < -0.39 is 5.54 Å². The lowest BCUT2D eigenvalue weighted by atomic mass is 9.88. The van der Waals surface area contributed by atoms with E-state index in [0.29, 0.717) is 6.54 Å². The van der Waals surface area contributed by atoms with Crippen LogP contribution in [0.5, 0.6) is 0 Å². The molecule has 0 aliphatic heterocycles. The van der Waals surface area contributed by atoms with Crippen molar-refractivity contribution in [3.05, 3.63) is 35.9 Å². The minimum Gasteiger partial charge on any atom is -0.368 e. The molecule has 2 rings (SSSR count). The Hall–Kier alpha value is -1.35. The van der Waals surface area contributed by atoms with Gasteiger partial charge in [-0.15, -0.1) is 0 Å². The third kappa shape index (κ3) is 3.60. The topological polar surface area (TPSA) is 55.1 Å². The van der Waals surface area contributed by atoms with Crippen LogP contribution in [0.25, 0.3) is 0 Å². The van der Waals surface area contributed by atoms with Crippen molar-refractivity contribution in [3.63, 3.8) is 0 Å². The molecule has 0 spiro atoms. The smallest absolute Gasteiger partial charge is 0.237 e. The first-order chi connectivity index (χ1) is 9.66. The van der Waals surface area contributed by atoms with Crippen LogP contribution in [-0.2, 0) is 11.3 Å². The van der Waals surface area contributed by atoms with Gasteiger partial charge in [-0.25, -0.2) is 0 Å². The number of carbonyl (C=O) groups is 1. The Balaban J connectivity index is 2.04. The molecule has 1 saturated carbocycles. The SMILES string of the molecule is CCC1CCCC(NCc2ccccc2)(C(N)=O)CC1. The van der Waals surface area contributed by atoms with E-state index in [1.165, 1.54) is 18.4 Å². The summed E-state index contributed by atoms with van der Waals surface area (Å²) < 4.78 is 0. The first kappa shape index (κ1) is 15.0. The van der Waals surface area contributed by atoms with Crippen molar-refractivity contribution >= 4 is 5.91 Å². The highest BCUT2D eigenvalue weighted by atomic mass is 16.1. The van der Waals surface area contributed by atoms with E-state index in [1.807, 2.05) is 18.2 Å². The predicted octanol–water partition coefficient (Wildman–Crippen LogP) is 2.99. The van der Waals surface area contributed by atoms with Crippen molar-refractivity contribution in [2.75, 3.05) is 0 Å². The van der Waals surface area contributed by atoms with Crippen molar-refractivity contribution in [2.45, 2.75) is 57.5 Å². The Labute approximate surface area is 121 Å². The van der Waals surface area contributed by atoms with Crippen LogP contribution in [0.4, 0.5) is 0 Å². The van der Waals surface area contributed by atoms with Crippen molar-refractivity contribution < 1.29 is 4.79 Å². The van der Waals surface area contributed by atoms with E-state index in [4.69, 9.17) is 5.73 Å². The third-order valence-corrected chi connectivity index (χ3v) is 4.72. The second kappa shape index (κ2) is 6.89. The third-order valence-electron chi connectivity index (χ3n) is 4.72. The van der Waals surface area contributed by atoms with Crippen LogP contribution in [0.3, 0.4) is 0 Å². The first-order valence-corrected chi connectivity index (χ1v) is 7.75. The molecule has 0 radical (unpaired) electrons. The summed E-state index contributed by atoms with van der Waals surface area (Å²) in [6, 6.07) is 10.2. The maximum Gasteiger partial charge on any atom is 0.237 e. The zero-order valence-corrected chi connectivity index (χ0v) is 12.4. The van der Waals surface area contributed by atoms with Gasteiger partial charge in [0.2, 0.25) is 5.91 Å². The molecule has 1 aliphatic carbocycles. The van der Waals surface area contributed by atoms with Crippen molar-refractivity contribution in [1.29, 1.82) is 0 Å². The van der Waals surface area contributed by atoms with Crippen molar-refractivity contribution in [2.24, 2.45) is 11.7 Å². The molecule has 1 amide bonds. The molecule has 1 aromatic rings. The predicted molar refractivity (Wildman–Crippen MR) is 82.1 cm³/mol. The molecule has 3 N–H and O–H groups in total. The highest BCUT2D eigenvalue weighted by molar-refractivity contribution is 5.84. The number of carbonyl (C=O) groups excluding carboxylic acids is 1. The van der Waals surface area contributed by atoms with E-state index in [9.17, 15) is 4.79 Å². The van der Waals surface area contributed by atoms with Gasteiger partial charge in [-0.05, 0) is 30.7 Å². The van der Waals surface area contributed by atoms with Gasteiger partial charge < -0.3 is 5.73 Å². The Morgan fingerprint density at radius 2 is 2.05 bits per heavy atom. The van der Waals surface area contributed by atoms with E-state index in [1.54, 1.807) is 0 Å². The largest absolute Gasteiger partial charge is 0.368 e. The lowest BCUT2D eigenvalue weighted by Gasteiger charge is -2.31. The average molecular weight is 274 g/mol. The summed E-state index contributed by atoms with van der Waals surface area (Å²) in [7, 11) is 0. The van der Waals surface area contributed by atoms with Crippen LogP contribution >= 0.6 is 0 Å². The van der Waals surface area contributed by atoms with Gasteiger partial charge in [0.25, 0.3) is 0 Å². The molecule has 1 aromatic carbocycles. The summed E-state index contributed by atoms with van der Waals surface area (Å²) >= 11 is 0. The van der Waals surface area contributed by atoms with Crippen LogP contribution in [-0.4, -0.2) is 11.4 Å². The molecule has 1 aliphatic rings. The Bertz CT molecular complexity index is 432. The number of amides is 1. The first-order valence-electron chi connectivity index (χ1n) is 7.75. The number of nitrogens with two attached hydrogens (primary N) is 1. The minimum absolute atomic E-state index is 0.190. The normalized spacial score (nSPS) is 26.9. The van der Waals surface area contributed by atoms with E-state index in [-0.39, 0.29) is 5.91 Å². The highest BCUT2D eigenvalue weighted by Gasteiger charge is 2.37. The van der Waals surface area contributed by atoms with Crippen LogP contribution < -0.4 is 11.1 Å². The lowest BCUT2D eigenvalue weighted by Crippen LogP contribution is -2.54. The Kier molecular flexibility index (Phi) is 5.18. The van der Waals surface area contributed by atoms with E-state index in [2.05, 4.69) is 24.4 Å². The summed E-state index contributed by atoms with van der Waals surface area (Å²) in [6.07, 6.45) is 6.34. The highest BCUT2D eigenvalue weighted by Crippen LogP contribution is 2.32. The fourth-order valence-corrected chi connectivity index (χ4v) is 3.20. The maximum atomic E-state index is 12.0. The molecule has 2 unspecified atom stereocenters. The zero-order valence-electron chi connectivity index (χ0n) is 12.4. The number of benzene rings is 1. The fourth-order valence-electron chi connectivity index (χ4n) is 3.20. The van der Waals surface area contributed by atoms with Gasteiger partial charge in [-0.1, -0.05) is 56.5 Å². The number of nitrogens with one attached hydrogen (secondary N) is 1. The van der Waals surface area contributed by atoms with Gasteiger partial charge in [0.05, 0.1) is 5.54 Å². The summed E-state index contributed by atoms with van der Waals surface area (Å²) in [6.45, 7) is 2.94. The van der Waals surface area contributed by atoms with Crippen LogP contribution in [0.2, 0.25) is 0 Å². The number of hydrogen-bond donors (Lipinski definition) is 2. The van der Waals surface area contributed by atoms with Crippen molar-refractivity contribution in [1.82, 2.24) is 5.32 Å². The molecule has 3 heteroatoms. The van der Waals surface area contributed by atoms with Crippen LogP contribution in [0.15, 0.2) is 30.3 Å². The molecule has 110 valence electrons. The monoisotopic (exact) mass is 274 g/mol. The van der Waals surface area contributed by atoms with Gasteiger partial charge in [0.1, 0.15) is 0 Å². The molecule has 1 fully saturated rings. The Morgan fingerprint density at radius 1 is 1.30 bits per heavy atom. The molecule has 0 bridgehead atoms. The second-order valence-corrected chi connectivity index (χ2v) is 5.99. The van der Waals surface area contributed by atoms with Gasteiger partial charge in [-0.2, -0.15) is 0 Å². The molecule has 0 saturated heterocycles. The molecule has 20 heavy (non-hydrogen) atoms.